The normalized spacial score (nSPS) is 13.1. The predicted molar refractivity (Wildman–Crippen MR) is 106 cm³/mol. The Morgan fingerprint density at radius 1 is 0.760 bits per heavy atom. The first-order chi connectivity index (χ1) is 11.4. The molecule has 0 unspecified atom stereocenters. The average molecular weight is 381 g/mol. The van der Waals surface area contributed by atoms with Gasteiger partial charge in [-0.3, -0.25) is 0 Å². The molecule has 0 nitrogen and oxygen atoms in total. The Kier molecular flexibility index (Phi) is 5.69. The maximum absolute atomic E-state index is 13.0. The van der Waals surface area contributed by atoms with Gasteiger partial charge in [0.25, 0.3) is 0 Å². The predicted octanol–water partition coefficient (Wildman–Crippen LogP) is 5.54. The molecule has 25 heavy (non-hydrogen) atoms. The van der Waals surface area contributed by atoms with Gasteiger partial charge in [0, 0.05) is 0 Å². The molecular weight excluding hydrogens is 353 g/mol. The zero-order valence-electron chi connectivity index (χ0n) is 15.7. The van der Waals surface area contributed by atoms with Gasteiger partial charge in [-0.25, -0.2) is 0 Å². The molecule has 0 saturated heterocycles. The zero-order chi connectivity index (χ0) is 18.9. The van der Waals surface area contributed by atoms with E-state index in [4.69, 9.17) is 0 Å². The van der Waals surface area contributed by atoms with Crippen LogP contribution < -0.4 is 10.4 Å². The van der Waals surface area contributed by atoms with E-state index in [-0.39, 0.29) is 0 Å². The van der Waals surface area contributed by atoms with Gasteiger partial charge in [-0.05, 0) is 6.92 Å². The summed E-state index contributed by atoms with van der Waals surface area (Å²) >= 11 is 0. The average Bonchev–Trinajstić information content (AvgIpc) is 2.53. The van der Waals surface area contributed by atoms with Crippen molar-refractivity contribution in [2.45, 2.75) is 51.4 Å². The molecule has 0 N–H and O–H groups in total. The van der Waals surface area contributed by atoms with Gasteiger partial charge in [0.1, 0.15) is 0 Å². The van der Waals surface area contributed by atoms with Crippen LogP contribution in [0, 0.1) is 6.92 Å². The smallest absolute Gasteiger partial charge is 0.166 e. The van der Waals surface area contributed by atoms with Crippen molar-refractivity contribution < 1.29 is 13.2 Å². The number of aryl methyl sites for hydroxylation is 1. The van der Waals surface area contributed by atoms with Gasteiger partial charge in [0.05, 0.1) is 21.7 Å². The molecule has 2 rings (SSSR count). The molecular formula is C20H27F3Si2. The number of halogens is 3. The lowest BCUT2D eigenvalue weighted by molar-refractivity contribution is -0.137. The molecule has 0 amide bonds. The maximum Gasteiger partial charge on any atom is 0.416 e. The van der Waals surface area contributed by atoms with Gasteiger partial charge in [0.2, 0.25) is 0 Å². The number of benzene rings is 2. The van der Waals surface area contributed by atoms with Crippen molar-refractivity contribution in [1.82, 2.24) is 0 Å². The fraction of sp³-hybridized carbons (Fsp3) is 0.400. The third-order valence-electron chi connectivity index (χ3n) is 5.15. The molecule has 136 valence electrons. The van der Waals surface area contributed by atoms with Crippen LogP contribution in [0.2, 0.25) is 38.3 Å². The highest BCUT2D eigenvalue weighted by Crippen LogP contribution is 2.29. The van der Waals surface area contributed by atoms with Crippen LogP contribution in [-0.4, -0.2) is 16.1 Å². The molecule has 0 aliphatic carbocycles. The highest BCUT2D eigenvalue weighted by Gasteiger charge is 2.34. The summed E-state index contributed by atoms with van der Waals surface area (Å²) in [5, 5.41) is 2.33. The number of rotatable bonds is 5. The molecule has 0 aliphatic heterocycles. The van der Waals surface area contributed by atoms with Crippen LogP contribution in [-0.2, 0) is 6.18 Å². The number of hydrogen-bond donors (Lipinski definition) is 0. The Morgan fingerprint density at radius 2 is 1.24 bits per heavy atom. The van der Waals surface area contributed by atoms with E-state index in [0.717, 1.165) is 17.3 Å². The summed E-state index contributed by atoms with van der Waals surface area (Å²) in [4.78, 5) is 0. The molecule has 2 aromatic carbocycles. The molecule has 0 heterocycles. The van der Waals surface area contributed by atoms with Gasteiger partial charge >= 0.3 is 6.18 Å². The van der Waals surface area contributed by atoms with E-state index >= 15 is 0 Å². The quantitative estimate of drug-likeness (QED) is 0.597. The lowest BCUT2D eigenvalue weighted by atomic mass is 10.2. The summed E-state index contributed by atoms with van der Waals surface area (Å²) in [5.74, 6) is 0. The van der Waals surface area contributed by atoms with E-state index in [9.17, 15) is 13.2 Å². The van der Waals surface area contributed by atoms with Crippen molar-refractivity contribution in [3.05, 3.63) is 59.7 Å². The van der Waals surface area contributed by atoms with E-state index in [0.29, 0.717) is 0 Å². The first-order valence-corrected chi connectivity index (χ1v) is 15.1. The monoisotopic (exact) mass is 380 g/mol. The Labute approximate surface area is 151 Å². The van der Waals surface area contributed by atoms with Crippen molar-refractivity contribution >= 4 is 26.5 Å². The molecule has 0 aromatic heterocycles. The van der Waals surface area contributed by atoms with Crippen LogP contribution in [0.5, 0.6) is 0 Å². The summed E-state index contributed by atoms with van der Waals surface area (Å²) in [6.07, 6.45) is -4.27. The Balaban J connectivity index is 2.18. The maximum atomic E-state index is 13.0. The van der Waals surface area contributed by atoms with Crippen LogP contribution >= 0.6 is 0 Å². The van der Waals surface area contributed by atoms with Crippen molar-refractivity contribution in [3.63, 3.8) is 0 Å². The third kappa shape index (κ3) is 5.08. The molecule has 0 fully saturated rings. The fourth-order valence-corrected chi connectivity index (χ4v) is 10.9. The highest BCUT2D eigenvalue weighted by molar-refractivity contribution is 6.94. The van der Waals surface area contributed by atoms with E-state index < -0.39 is 27.9 Å². The van der Waals surface area contributed by atoms with Crippen LogP contribution in [0.25, 0.3) is 0 Å². The Morgan fingerprint density at radius 3 is 1.72 bits per heavy atom. The Hall–Kier alpha value is -1.34. The van der Waals surface area contributed by atoms with Gasteiger partial charge in [-0.1, -0.05) is 103 Å². The van der Waals surface area contributed by atoms with Crippen LogP contribution in [0.15, 0.2) is 48.5 Å². The van der Waals surface area contributed by atoms with Gasteiger partial charge < -0.3 is 0 Å². The summed E-state index contributed by atoms with van der Waals surface area (Å²) in [7, 11) is -3.50. The Bertz CT molecular complexity index is 734. The molecule has 0 spiro atoms. The summed E-state index contributed by atoms with van der Waals surface area (Å²) in [6.45, 7) is 11.2. The summed E-state index contributed by atoms with van der Waals surface area (Å²) < 4.78 is 39.0. The van der Waals surface area contributed by atoms with E-state index in [1.165, 1.54) is 22.9 Å². The first-order valence-electron chi connectivity index (χ1n) is 8.67. The van der Waals surface area contributed by atoms with Crippen LogP contribution in [0.3, 0.4) is 0 Å². The molecule has 0 aliphatic rings. The second kappa shape index (κ2) is 7.12. The molecule has 0 radical (unpaired) electrons. The van der Waals surface area contributed by atoms with Crippen molar-refractivity contribution in [1.29, 1.82) is 0 Å². The molecule has 2 aromatic rings. The largest absolute Gasteiger partial charge is 0.416 e. The standard InChI is InChI=1S/C20H27F3Si2/c1-16-8-6-10-18(14-16)24(2,3)12-13-25(4,5)19-11-7-9-17(15-19)20(21,22)23/h6-11,14-15H,12-13H2,1-5H3. The lowest BCUT2D eigenvalue weighted by Gasteiger charge is -2.30. The van der Waals surface area contributed by atoms with E-state index in [2.05, 4.69) is 57.4 Å². The van der Waals surface area contributed by atoms with E-state index in [1.54, 1.807) is 6.07 Å². The van der Waals surface area contributed by atoms with Crippen molar-refractivity contribution in [3.8, 4) is 0 Å². The topological polar surface area (TPSA) is 0 Å². The minimum Gasteiger partial charge on any atom is -0.166 e. The number of alkyl halides is 3. The summed E-state index contributed by atoms with van der Waals surface area (Å²) in [6, 6.07) is 16.8. The minimum atomic E-state index is -4.27. The van der Waals surface area contributed by atoms with E-state index in [1.807, 2.05) is 6.07 Å². The van der Waals surface area contributed by atoms with Crippen LogP contribution in [0.1, 0.15) is 11.1 Å². The van der Waals surface area contributed by atoms with Gasteiger partial charge in [-0.2, -0.15) is 13.2 Å². The molecule has 5 heteroatoms. The van der Waals surface area contributed by atoms with Gasteiger partial charge in [-0.15, -0.1) is 0 Å². The second-order valence-electron chi connectivity index (χ2n) is 8.22. The lowest BCUT2D eigenvalue weighted by Crippen LogP contribution is -2.47. The second-order valence-corrected chi connectivity index (χ2v) is 17.9. The first kappa shape index (κ1) is 20.0. The summed E-state index contributed by atoms with van der Waals surface area (Å²) in [5.41, 5.74) is 0.744. The van der Waals surface area contributed by atoms with Crippen LogP contribution in [0.4, 0.5) is 13.2 Å². The van der Waals surface area contributed by atoms with Gasteiger partial charge in [0.15, 0.2) is 0 Å². The highest BCUT2D eigenvalue weighted by atomic mass is 28.3. The third-order valence-corrected chi connectivity index (χ3v) is 12.4. The molecule has 0 bridgehead atoms. The van der Waals surface area contributed by atoms with Crippen molar-refractivity contribution in [2.24, 2.45) is 0 Å². The fourth-order valence-electron chi connectivity index (χ4n) is 3.10. The SMILES string of the molecule is Cc1cccc([Si](C)(C)CC[Si](C)(C)c2cccc(C(F)(F)F)c2)c1. The molecule has 0 saturated carbocycles. The minimum absolute atomic E-state index is 0.527. The zero-order valence-corrected chi connectivity index (χ0v) is 17.7. The number of hydrogen-bond acceptors (Lipinski definition) is 0. The van der Waals surface area contributed by atoms with Crippen molar-refractivity contribution in [2.75, 3.05) is 0 Å². The molecule has 0 atom stereocenters.